The number of hydrogen-bond acceptors (Lipinski definition) is 3. The molecule has 4 heteroatoms. The molecular weight excluding hydrogens is 208 g/mol. The van der Waals surface area contributed by atoms with Gasteiger partial charge in [0.1, 0.15) is 0 Å². The fourth-order valence-corrected chi connectivity index (χ4v) is 2.09. The second-order valence-corrected chi connectivity index (χ2v) is 4.33. The molecule has 4 nitrogen and oxygen atoms in total. The first-order chi connectivity index (χ1) is 7.54. The molecule has 0 aromatic carbocycles. The Labute approximate surface area is 95.3 Å². The van der Waals surface area contributed by atoms with Crippen molar-refractivity contribution < 1.29 is 19.4 Å². The molecule has 0 bridgehead atoms. The van der Waals surface area contributed by atoms with Crippen molar-refractivity contribution in [2.24, 2.45) is 17.8 Å². The summed E-state index contributed by atoms with van der Waals surface area (Å²) in [5.74, 6) is -0.751. The number of ether oxygens (including phenoxy) is 1. The maximum absolute atomic E-state index is 11.3. The predicted molar refractivity (Wildman–Crippen MR) is 58.8 cm³/mol. The normalized spacial score (nSPS) is 26.1. The molecule has 0 amide bonds. The lowest BCUT2D eigenvalue weighted by molar-refractivity contribution is -0.144. The van der Waals surface area contributed by atoms with E-state index in [2.05, 4.69) is 4.74 Å². The number of aliphatic carboxylic acids is 1. The van der Waals surface area contributed by atoms with Gasteiger partial charge in [-0.15, -0.1) is 0 Å². The van der Waals surface area contributed by atoms with Crippen LogP contribution in [-0.2, 0) is 14.3 Å². The minimum atomic E-state index is -0.768. The van der Waals surface area contributed by atoms with Crippen LogP contribution in [0.15, 0.2) is 12.2 Å². The van der Waals surface area contributed by atoms with Crippen LogP contribution in [0.2, 0.25) is 0 Å². The molecule has 0 unspecified atom stereocenters. The Kier molecular flexibility index (Phi) is 4.52. The van der Waals surface area contributed by atoms with E-state index in [-0.39, 0.29) is 30.1 Å². The summed E-state index contributed by atoms with van der Waals surface area (Å²) < 4.78 is 4.67. The zero-order chi connectivity index (χ0) is 12.1. The van der Waals surface area contributed by atoms with Crippen molar-refractivity contribution in [3.8, 4) is 0 Å². The zero-order valence-electron chi connectivity index (χ0n) is 9.68. The maximum atomic E-state index is 11.3. The number of carboxylic acid groups (broad SMARTS) is 1. The third-order valence-electron chi connectivity index (χ3n) is 3.13. The van der Waals surface area contributed by atoms with E-state index in [1.807, 2.05) is 19.1 Å². The van der Waals surface area contributed by atoms with Crippen LogP contribution in [0.4, 0.5) is 0 Å². The van der Waals surface area contributed by atoms with Gasteiger partial charge < -0.3 is 9.84 Å². The summed E-state index contributed by atoms with van der Waals surface area (Å²) in [4.78, 5) is 21.8. The quantitative estimate of drug-likeness (QED) is 0.587. The van der Waals surface area contributed by atoms with Gasteiger partial charge in [0.2, 0.25) is 0 Å². The van der Waals surface area contributed by atoms with Gasteiger partial charge in [-0.05, 0) is 24.7 Å². The lowest BCUT2D eigenvalue weighted by Gasteiger charge is -2.25. The van der Waals surface area contributed by atoms with Gasteiger partial charge in [0.25, 0.3) is 0 Å². The molecular formula is C12H18O4. The monoisotopic (exact) mass is 226 g/mol. The van der Waals surface area contributed by atoms with Crippen molar-refractivity contribution in [2.75, 3.05) is 7.11 Å². The van der Waals surface area contributed by atoms with E-state index < -0.39 is 5.97 Å². The first-order valence-electron chi connectivity index (χ1n) is 5.52. The number of esters is 1. The molecule has 1 aliphatic carbocycles. The summed E-state index contributed by atoms with van der Waals surface area (Å²) >= 11 is 0. The van der Waals surface area contributed by atoms with E-state index in [0.29, 0.717) is 0 Å². The van der Waals surface area contributed by atoms with E-state index in [9.17, 15) is 9.59 Å². The van der Waals surface area contributed by atoms with Gasteiger partial charge in [0.15, 0.2) is 0 Å². The van der Waals surface area contributed by atoms with Crippen molar-refractivity contribution in [3.63, 3.8) is 0 Å². The number of carbonyl (C=O) groups is 2. The number of hydrogen-bond donors (Lipinski definition) is 1. The Balaban J connectivity index is 2.51. The van der Waals surface area contributed by atoms with Crippen molar-refractivity contribution >= 4 is 11.9 Å². The Morgan fingerprint density at radius 1 is 1.44 bits per heavy atom. The Bertz CT molecular complexity index is 295. The number of carbonyl (C=O) groups excluding carboxylic acids is 1. The topological polar surface area (TPSA) is 63.6 Å². The summed E-state index contributed by atoms with van der Waals surface area (Å²) in [6.07, 6.45) is 5.58. The molecule has 1 aliphatic rings. The summed E-state index contributed by atoms with van der Waals surface area (Å²) in [7, 11) is 1.38. The molecule has 0 saturated carbocycles. The highest BCUT2D eigenvalue weighted by atomic mass is 16.5. The molecule has 0 aromatic heterocycles. The standard InChI is InChI=1S/C12H18O4/c1-8(7-11(13)14)9-3-5-10(6-4-9)12(15)16-2/h3,5,8-10H,4,6-7H2,1-2H3,(H,13,14)/t8-,9+,10-/m1/s1. The molecule has 0 fully saturated rings. The second kappa shape index (κ2) is 5.68. The van der Waals surface area contributed by atoms with Crippen LogP contribution in [0.25, 0.3) is 0 Å². The van der Waals surface area contributed by atoms with Crippen LogP contribution in [0.3, 0.4) is 0 Å². The number of rotatable bonds is 4. The summed E-state index contributed by atoms with van der Waals surface area (Å²) in [6.45, 7) is 1.93. The summed E-state index contributed by atoms with van der Waals surface area (Å²) in [5.41, 5.74) is 0. The molecule has 0 saturated heterocycles. The highest BCUT2D eigenvalue weighted by Gasteiger charge is 2.25. The molecule has 1 rings (SSSR count). The smallest absolute Gasteiger partial charge is 0.312 e. The van der Waals surface area contributed by atoms with Crippen molar-refractivity contribution in [3.05, 3.63) is 12.2 Å². The van der Waals surface area contributed by atoms with Gasteiger partial charge in [-0.3, -0.25) is 9.59 Å². The van der Waals surface area contributed by atoms with E-state index in [4.69, 9.17) is 5.11 Å². The number of methoxy groups -OCH3 is 1. The second-order valence-electron chi connectivity index (χ2n) is 4.33. The lowest BCUT2D eigenvalue weighted by Crippen LogP contribution is -2.22. The van der Waals surface area contributed by atoms with Crippen LogP contribution in [0.5, 0.6) is 0 Å². The molecule has 0 spiro atoms. The molecule has 1 N–H and O–H groups in total. The van der Waals surface area contributed by atoms with E-state index in [1.165, 1.54) is 7.11 Å². The fraction of sp³-hybridized carbons (Fsp3) is 0.667. The van der Waals surface area contributed by atoms with E-state index >= 15 is 0 Å². The average Bonchev–Trinajstić information content (AvgIpc) is 2.27. The first-order valence-corrected chi connectivity index (χ1v) is 5.52. The largest absolute Gasteiger partial charge is 0.481 e. The van der Waals surface area contributed by atoms with Gasteiger partial charge in [-0.25, -0.2) is 0 Å². The van der Waals surface area contributed by atoms with Crippen LogP contribution in [0.1, 0.15) is 26.2 Å². The van der Waals surface area contributed by atoms with Gasteiger partial charge in [0, 0.05) is 6.42 Å². The Morgan fingerprint density at radius 3 is 2.56 bits per heavy atom. The van der Waals surface area contributed by atoms with Crippen molar-refractivity contribution in [1.29, 1.82) is 0 Å². The Hall–Kier alpha value is -1.32. The summed E-state index contributed by atoms with van der Waals surface area (Å²) in [5, 5.41) is 8.69. The van der Waals surface area contributed by atoms with Crippen LogP contribution in [-0.4, -0.2) is 24.2 Å². The van der Waals surface area contributed by atoms with Crippen LogP contribution >= 0.6 is 0 Å². The number of carboxylic acids is 1. The molecule has 16 heavy (non-hydrogen) atoms. The molecule has 3 atom stereocenters. The highest BCUT2D eigenvalue weighted by molar-refractivity contribution is 5.74. The fourth-order valence-electron chi connectivity index (χ4n) is 2.09. The van der Waals surface area contributed by atoms with Gasteiger partial charge >= 0.3 is 11.9 Å². The maximum Gasteiger partial charge on any atom is 0.312 e. The highest BCUT2D eigenvalue weighted by Crippen LogP contribution is 2.29. The van der Waals surface area contributed by atoms with Gasteiger partial charge in [-0.2, -0.15) is 0 Å². The SMILES string of the molecule is COC(=O)[C@@H]1C=C[C@H]([C@H](C)CC(=O)O)CC1. The van der Waals surface area contributed by atoms with Gasteiger partial charge in [-0.1, -0.05) is 19.1 Å². The van der Waals surface area contributed by atoms with Gasteiger partial charge in [0.05, 0.1) is 13.0 Å². The van der Waals surface area contributed by atoms with Crippen molar-refractivity contribution in [2.45, 2.75) is 26.2 Å². The van der Waals surface area contributed by atoms with Crippen LogP contribution < -0.4 is 0 Å². The molecule has 0 radical (unpaired) electrons. The Morgan fingerprint density at radius 2 is 2.12 bits per heavy atom. The molecule has 90 valence electrons. The third-order valence-corrected chi connectivity index (χ3v) is 3.13. The van der Waals surface area contributed by atoms with E-state index in [0.717, 1.165) is 12.8 Å². The number of allylic oxidation sites excluding steroid dienone is 1. The summed E-state index contributed by atoms with van der Waals surface area (Å²) in [6, 6.07) is 0. The third kappa shape index (κ3) is 3.36. The molecule has 0 aromatic rings. The predicted octanol–water partition coefficient (Wildman–Crippen LogP) is 1.85. The van der Waals surface area contributed by atoms with E-state index in [1.54, 1.807) is 0 Å². The minimum absolute atomic E-state index is 0.118. The lowest BCUT2D eigenvalue weighted by atomic mass is 9.80. The average molecular weight is 226 g/mol. The van der Waals surface area contributed by atoms with Crippen molar-refractivity contribution in [1.82, 2.24) is 0 Å². The zero-order valence-corrected chi connectivity index (χ0v) is 9.68. The minimum Gasteiger partial charge on any atom is -0.481 e. The first kappa shape index (κ1) is 12.7. The molecule has 0 aliphatic heterocycles. The van der Waals surface area contributed by atoms with Crippen LogP contribution in [0, 0.1) is 17.8 Å². The molecule has 0 heterocycles.